The van der Waals surface area contributed by atoms with Gasteiger partial charge in [0.25, 0.3) is 0 Å². The zero-order chi connectivity index (χ0) is 23.0. The first kappa shape index (κ1) is 21.8. The molecule has 0 bridgehead atoms. The Hall–Kier alpha value is -3.46. The second-order valence-electron chi connectivity index (χ2n) is 7.49. The van der Waals surface area contributed by atoms with Crippen molar-refractivity contribution in [1.29, 1.82) is 0 Å². The summed E-state index contributed by atoms with van der Waals surface area (Å²) in [4.78, 5) is 16.3. The predicted molar refractivity (Wildman–Crippen MR) is 117 cm³/mol. The van der Waals surface area contributed by atoms with Crippen molar-refractivity contribution in [3.05, 3.63) is 77.6 Å². The lowest BCUT2D eigenvalue weighted by atomic mass is 10.1. The third-order valence-corrected chi connectivity index (χ3v) is 7.35. The lowest BCUT2D eigenvalue weighted by molar-refractivity contribution is -0.141. The minimum Gasteiger partial charge on any atom is -0.468 e. The number of halogens is 1. The maximum atomic E-state index is 14.1. The first-order chi connectivity index (χ1) is 15.2. The standard InChI is InChI=1S/C23H22FN3O4S/c1-15-18(19-11-16(24)9-10-20(19)27(15)13-22(28)31-3)12-21-23(25-14-26(21)2)32(29,30)17-7-5-4-6-8-17/h4-11,14H,12-13H2,1-3H3. The van der Waals surface area contributed by atoms with Crippen molar-refractivity contribution in [2.24, 2.45) is 7.05 Å². The Kier molecular flexibility index (Phi) is 5.60. The lowest BCUT2D eigenvalue weighted by Gasteiger charge is -2.09. The average Bonchev–Trinajstić information content (AvgIpc) is 3.27. The molecule has 0 fully saturated rings. The van der Waals surface area contributed by atoms with Crippen LogP contribution in [-0.4, -0.2) is 35.6 Å². The Labute approximate surface area is 185 Å². The van der Waals surface area contributed by atoms with Crippen molar-refractivity contribution in [2.45, 2.75) is 29.8 Å². The number of rotatable bonds is 6. The quantitative estimate of drug-likeness (QED) is 0.416. The molecule has 0 aliphatic rings. The monoisotopic (exact) mass is 455 g/mol. The fraction of sp³-hybridized carbons (Fsp3) is 0.217. The first-order valence-electron chi connectivity index (χ1n) is 9.88. The van der Waals surface area contributed by atoms with Crippen molar-refractivity contribution >= 4 is 26.7 Å². The van der Waals surface area contributed by atoms with Crippen molar-refractivity contribution in [3.63, 3.8) is 0 Å². The molecule has 0 saturated heterocycles. The average molecular weight is 456 g/mol. The number of benzene rings is 2. The molecule has 0 N–H and O–H groups in total. The summed E-state index contributed by atoms with van der Waals surface area (Å²) in [5.41, 5.74) is 2.58. The number of aryl methyl sites for hydroxylation is 1. The number of carbonyl (C=O) groups excluding carboxylic acids is 1. The summed E-state index contributed by atoms with van der Waals surface area (Å²) in [6.07, 6.45) is 1.65. The van der Waals surface area contributed by atoms with E-state index in [-0.39, 0.29) is 22.9 Å². The van der Waals surface area contributed by atoms with E-state index in [1.807, 2.05) is 6.92 Å². The number of nitrogens with zero attached hydrogens (tertiary/aromatic N) is 3. The molecule has 0 radical (unpaired) electrons. The van der Waals surface area contributed by atoms with Crippen LogP contribution in [0.1, 0.15) is 17.0 Å². The molecule has 7 nitrogen and oxygen atoms in total. The van der Waals surface area contributed by atoms with Gasteiger partial charge in [-0.2, -0.15) is 0 Å². The topological polar surface area (TPSA) is 83.2 Å². The molecule has 0 aliphatic heterocycles. The molecular weight excluding hydrogens is 433 g/mol. The maximum Gasteiger partial charge on any atom is 0.325 e. The summed E-state index contributed by atoms with van der Waals surface area (Å²) in [5.74, 6) is -0.857. The SMILES string of the molecule is COC(=O)Cn1c(C)c(Cc2c(S(=O)(=O)c3ccccc3)ncn2C)c2cc(F)ccc21. The Balaban J connectivity index is 1.87. The summed E-state index contributed by atoms with van der Waals surface area (Å²) >= 11 is 0. The van der Waals surface area contributed by atoms with Gasteiger partial charge in [-0.05, 0) is 42.8 Å². The normalized spacial score (nSPS) is 11.8. The van der Waals surface area contributed by atoms with Crippen LogP contribution in [0.5, 0.6) is 0 Å². The van der Waals surface area contributed by atoms with Crippen LogP contribution in [0, 0.1) is 12.7 Å². The first-order valence-corrected chi connectivity index (χ1v) is 11.4. The molecule has 0 aliphatic carbocycles. The van der Waals surface area contributed by atoms with Crippen molar-refractivity contribution in [2.75, 3.05) is 7.11 Å². The van der Waals surface area contributed by atoms with Gasteiger partial charge in [-0.25, -0.2) is 17.8 Å². The van der Waals surface area contributed by atoms with E-state index in [2.05, 4.69) is 4.98 Å². The van der Waals surface area contributed by atoms with Gasteiger partial charge in [-0.1, -0.05) is 18.2 Å². The fourth-order valence-electron chi connectivity index (χ4n) is 3.88. The number of carbonyl (C=O) groups is 1. The molecule has 0 spiro atoms. The number of sulfone groups is 1. The van der Waals surface area contributed by atoms with Gasteiger partial charge in [0.15, 0.2) is 5.03 Å². The zero-order valence-corrected chi connectivity index (χ0v) is 18.7. The van der Waals surface area contributed by atoms with Gasteiger partial charge in [0.2, 0.25) is 9.84 Å². The van der Waals surface area contributed by atoms with E-state index in [0.29, 0.717) is 16.6 Å². The smallest absolute Gasteiger partial charge is 0.325 e. The molecule has 0 saturated carbocycles. The van der Waals surface area contributed by atoms with Crippen LogP contribution in [0.25, 0.3) is 10.9 Å². The van der Waals surface area contributed by atoms with E-state index < -0.39 is 21.6 Å². The van der Waals surface area contributed by atoms with Crippen molar-refractivity contribution in [1.82, 2.24) is 14.1 Å². The number of hydrogen-bond donors (Lipinski definition) is 0. The minimum atomic E-state index is -3.85. The summed E-state index contributed by atoms with van der Waals surface area (Å²) in [7, 11) is -0.822. The van der Waals surface area contributed by atoms with Crippen molar-refractivity contribution < 1.29 is 22.3 Å². The van der Waals surface area contributed by atoms with E-state index >= 15 is 0 Å². The summed E-state index contributed by atoms with van der Waals surface area (Å²) in [5, 5.41) is 0.562. The second-order valence-corrected chi connectivity index (χ2v) is 9.35. The molecule has 9 heteroatoms. The predicted octanol–water partition coefficient (Wildman–Crippen LogP) is 3.42. The molecule has 166 valence electrons. The van der Waals surface area contributed by atoms with Gasteiger partial charge in [0.05, 0.1) is 24.0 Å². The van der Waals surface area contributed by atoms with E-state index in [0.717, 1.165) is 11.3 Å². The molecule has 0 atom stereocenters. The lowest BCUT2D eigenvalue weighted by Crippen LogP contribution is -2.13. The highest BCUT2D eigenvalue weighted by Crippen LogP contribution is 2.31. The summed E-state index contributed by atoms with van der Waals surface area (Å²) < 4.78 is 48.8. The Morgan fingerprint density at radius 2 is 1.88 bits per heavy atom. The Morgan fingerprint density at radius 3 is 2.56 bits per heavy atom. The third-order valence-electron chi connectivity index (χ3n) is 5.60. The van der Waals surface area contributed by atoms with Gasteiger partial charge in [0, 0.05) is 30.1 Å². The third kappa shape index (κ3) is 3.69. The number of ether oxygens (including phenoxy) is 1. The van der Waals surface area contributed by atoms with Gasteiger partial charge >= 0.3 is 5.97 Å². The zero-order valence-electron chi connectivity index (χ0n) is 17.9. The van der Waals surface area contributed by atoms with Crippen LogP contribution in [0.2, 0.25) is 0 Å². The van der Waals surface area contributed by atoms with Gasteiger partial charge in [-0.15, -0.1) is 0 Å². The van der Waals surface area contributed by atoms with Gasteiger partial charge in [0.1, 0.15) is 12.4 Å². The molecule has 4 rings (SSSR count). The molecule has 2 aromatic heterocycles. The number of esters is 1. The van der Waals surface area contributed by atoms with Gasteiger partial charge < -0.3 is 13.9 Å². The number of hydrogen-bond acceptors (Lipinski definition) is 5. The van der Waals surface area contributed by atoms with E-state index in [4.69, 9.17) is 4.74 Å². The van der Waals surface area contributed by atoms with Crippen LogP contribution >= 0.6 is 0 Å². The largest absolute Gasteiger partial charge is 0.468 e. The Morgan fingerprint density at radius 1 is 1.16 bits per heavy atom. The van der Waals surface area contributed by atoms with Crippen molar-refractivity contribution in [3.8, 4) is 0 Å². The van der Waals surface area contributed by atoms with Gasteiger partial charge in [-0.3, -0.25) is 4.79 Å². The highest BCUT2D eigenvalue weighted by atomic mass is 32.2. The summed E-state index contributed by atoms with van der Waals surface area (Å²) in [6, 6.07) is 12.4. The molecule has 2 heterocycles. The van der Waals surface area contributed by atoms with Crippen LogP contribution < -0.4 is 0 Å². The highest BCUT2D eigenvalue weighted by molar-refractivity contribution is 7.91. The van der Waals surface area contributed by atoms with Crippen LogP contribution in [0.4, 0.5) is 4.39 Å². The van der Waals surface area contributed by atoms with E-state index in [1.165, 1.54) is 37.7 Å². The molecule has 2 aromatic carbocycles. The van der Waals surface area contributed by atoms with Crippen LogP contribution in [0.3, 0.4) is 0 Å². The Bertz CT molecular complexity index is 1420. The molecule has 32 heavy (non-hydrogen) atoms. The number of methoxy groups -OCH3 is 1. The van der Waals surface area contributed by atoms with E-state index in [1.54, 1.807) is 40.4 Å². The maximum absolute atomic E-state index is 14.1. The molecule has 4 aromatic rings. The number of fused-ring (bicyclic) bond motifs is 1. The summed E-state index contributed by atoms with van der Waals surface area (Å²) in [6.45, 7) is 1.78. The minimum absolute atomic E-state index is 0.0367. The molecule has 0 amide bonds. The van der Waals surface area contributed by atoms with Crippen LogP contribution in [0.15, 0.2) is 64.8 Å². The molecular formula is C23H22FN3O4S. The number of aromatic nitrogens is 3. The molecule has 0 unspecified atom stereocenters. The number of imidazole rings is 1. The van der Waals surface area contributed by atoms with E-state index in [9.17, 15) is 17.6 Å². The second kappa shape index (κ2) is 8.23. The van der Waals surface area contributed by atoms with Crippen LogP contribution in [-0.2, 0) is 39.4 Å². The fourth-order valence-corrected chi connectivity index (χ4v) is 5.33. The highest BCUT2D eigenvalue weighted by Gasteiger charge is 2.27.